The Morgan fingerprint density at radius 3 is 2.33 bits per heavy atom. The Morgan fingerprint density at radius 2 is 1.71 bits per heavy atom. The first kappa shape index (κ1) is 14.9. The van der Waals surface area contributed by atoms with Gasteiger partial charge < -0.3 is 19.3 Å². The highest BCUT2D eigenvalue weighted by Gasteiger charge is 2.46. The summed E-state index contributed by atoms with van der Waals surface area (Å²) in [6, 6.07) is 17.9. The Morgan fingerprint density at radius 1 is 0.958 bits per heavy atom. The fraction of sp³-hybridized carbons (Fsp3) is 0.316. The Bertz CT molecular complexity index is 717. The molecule has 1 amide bonds. The van der Waals surface area contributed by atoms with Crippen molar-refractivity contribution >= 4 is 11.8 Å². The van der Waals surface area contributed by atoms with Gasteiger partial charge >= 0.3 is 6.09 Å². The molecule has 2 saturated heterocycles. The third-order valence-corrected chi connectivity index (χ3v) is 4.83. The molecule has 2 heterocycles. The van der Waals surface area contributed by atoms with Gasteiger partial charge in [0.15, 0.2) is 0 Å². The normalized spacial score (nSPS) is 21.9. The van der Waals surface area contributed by atoms with Crippen molar-refractivity contribution in [1.82, 2.24) is 4.90 Å². The molecule has 2 fully saturated rings. The van der Waals surface area contributed by atoms with Crippen LogP contribution in [0.25, 0.3) is 0 Å². The standard InChI is InChI=1S/C19H20N2O3/c1-23-17-9-7-14(8-10-17)20-12-16-11-15(20)13-21(16)19(22)24-18-5-3-2-4-6-18/h2-10,15-16H,11-13H2,1H3/t15-,16-/m1/s1. The van der Waals surface area contributed by atoms with E-state index in [9.17, 15) is 4.79 Å². The molecule has 5 nitrogen and oxygen atoms in total. The van der Waals surface area contributed by atoms with Crippen LogP contribution in [-0.2, 0) is 0 Å². The molecule has 0 spiro atoms. The zero-order valence-corrected chi connectivity index (χ0v) is 13.6. The lowest BCUT2D eigenvalue weighted by molar-refractivity contribution is 0.144. The second-order valence-electron chi connectivity index (χ2n) is 6.23. The number of hydrogen-bond donors (Lipinski definition) is 0. The summed E-state index contributed by atoms with van der Waals surface area (Å²) in [4.78, 5) is 16.6. The predicted octanol–water partition coefficient (Wildman–Crippen LogP) is 3.16. The van der Waals surface area contributed by atoms with Crippen molar-refractivity contribution in [3.63, 3.8) is 0 Å². The summed E-state index contributed by atoms with van der Waals surface area (Å²) < 4.78 is 10.7. The van der Waals surface area contributed by atoms with E-state index in [4.69, 9.17) is 9.47 Å². The maximum Gasteiger partial charge on any atom is 0.415 e. The lowest BCUT2D eigenvalue weighted by atomic mass is 10.2. The van der Waals surface area contributed by atoms with Crippen LogP contribution in [0.2, 0.25) is 0 Å². The highest BCUT2D eigenvalue weighted by atomic mass is 16.6. The monoisotopic (exact) mass is 324 g/mol. The van der Waals surface area contributed by atoms with Gasteiger partial charge in [0, 0.05) is 24.8 Å². The Kier molecular flexibility index (Phi) is 3.76. The van der Waals surface area contributed by atoms with Crippen LogP contribution in [0.15, 0.2) is 54.6 Å². The van der Waals surface area contributed by atoms with Crippen LogP contribution in [0.3, 0.4) is 0 Å². The first-order valence-electron chi connectivity index (χ1n) is 8.19. The molecule has 2 aromatic rings. The third kappa shape index (κ3) is 2.66. The first-order valence-corrected chi connectivity index (χ1v) is 8.19. The van der Waals surface area contributed by atoms with Crippen LogP contribution in [0.5, 0.6) is 11.5 Å². The number of rotatable bonds is 3. The van der Waals surface area contributed by atoms with E-state index in [0.29, 0.717) is 18.3 Å². The second kappa shape index (κ2) is 6.07. The van der Waals surface area contributed by atoms with Gasteiger partial charge in [-0.25, -0.2) is 4.79 Å². The van der Waals surface area contributed by atoms with Gasteiger partial charge in [0.2, 0.25) is 0 Å². The summed E-state index contributed by atoms with van der Waals surface area (Å²) in [6.07, 6.45) is 0.749. The number of fused-ring (bicyclic) bond motifs is 2. The van der Waals surface area contributed by atoms with E-state index >= 15 is 0 Å². The number of hydrogen-bond acceptors (Lipinski definition) is 4. The minimum Gasteiger partial charge on any atom is -0.497 e. The van der Waals surface area contributed by atoms with Crippen molar-refractivity contribution in [2.24, 2.45) is 0 Å². The van der Waals surface area contributed by atoms with Crippen LogP contribution < -0.4 is 14.4 Å². The fourth-order valence-electron chi connectivity index (χ4n) is 3.63. The van der Waals surface area contributed by atoms with Crippen molar-refractivity contribution in [2.45, 2.75) is 18.5 Å². The number of piperazine rings is 1. The summed E-state index contributed by atoms with van der Waals surface area (Å²) in [5.74, 6) is 1.45. The van der Waals surface area contributed by atoms with Crippen molar-refractivity contribution in [1.29, 1.82) is 0 Å². The number of ether oxygens (including phenoxy) is 2. The number of anilines is 1. The molecule has 2 atom stereocenters. The van der Waals surface area contributed by atoms with E-state index in [1.54, 1.807) is 19.2 Å². The van der Waals surface area contributed by atoms with Gasteiger partial charge in [0.1, 0.15) is 11.5 Å². The van der Waals surface area contributed by atoms with Gasteiger partial charge in [-0.2, -0.15) is 0 Å². The number of carbonyl (C=O) groups excluding carboxylic acids is 1. The van der Waals surface area contributed by atoms with Crippen LogP contribution in [0, 0.1) is 0 Å². The van der Waals surface area contributed by atoms with E-state index in [1.807, 2.05) is 35.2 Å². The van der Waals surface area contributed by atoms with Gasteiger partial charge in [0.05, 0.1) is 13.2 Å². The maximum absolute atomic E-state index is 12.4. The quantitative estimate of drug-likeness (QED) is 0.870. The Labute approximate surface area is 141 Å². The van der Waals surface area contributed by atoms with Crippen molar-refractivity contribution < 1.29 is 14.3 Å². The molecule has 0 radical (unpaired) electrons. The number of carbonyl (C=O) groups is 1. The average molecular weight is 324 g/mol. The summed E-state index contributed by atoms with van der Waals surface area (Å²) in [5.41, 5.74) is 1.18. The molecule has 5 heteroatoms. The lowest BCUT2D eigenvalue weighted by Crippen LogP contribution is -2.49. The van der Waals surface area contributed by atoms with E-state index in [2.05, 4.69) is 17.0 Å². The van der Waals surface area contributed by atoms with E-state index < -0.39 is 0 Å². The Hall–Kier alpha value is -2.69. The highest BCUT2D eigenvalue weighted by molar-refractivity contribution is 5.72. The first-order chi connectivity index (χ1) is 11.7. The molecule has 124 valence electrons. The van der Waals surface area contributed by atoms with Crippen LogP contribution in [0.4, 0.5) is 10.5 Å². The minimum atomic E-state index is -0.247. The molecule has 0 N–H and O–H groups in total. The van der Waals surface area contributed by atoms with Gasteiger partial charge in [-0.15, -0.1) is 0 Å². The number of methoxy groups -OCH3 is 1. The second-order valence-corrected chi connectivity index (χ2v) is 6.23. The zero-order valence-electron chi connectivity index (χ0n) is 13.6. The van der Waals surface area contributed by atoms with Gasteiger partial charge in [-0.05, 0) is 42.8 Å². The molecule has 0 aliphatic carbocycles. The predicted molar refractivity (Wildman–Crippen MR) is 91.7 cm³/mol. The average Bonchev–Trinajstić information content (AvgIpc) is 3.23. The number of amides is 1. The molecule has 2 aliphatic heterocycles. The van der Waals surface area contributed by atoms with E-state index in [1.165, 1.54) is 5.69 Å². The summed E-state index contributed by atoms with van der Waals surface area (Å²) in [6.45, 7) is 1.56. The fourth-order valence-corrected chi connectivity index (χ4v) is 3.63. The molecule has 2 aromatic carbocycles. The van der Waals surface area contributed by atoms with E-state index in [-0.39, 0.29) is 12.1 Å². The zero-order chi connectivity index (χ0) is 16.5. The molecule has 0 saturated carbocycles. The van der Waals surface area contributed by atoms with Crippen LogP contribution in [0.1, 0.15) is 6.42 Å². The van der Waals surface area contributed by atoms with Crippen molar-refractivity contribution in [3.8, 4) is 11.5 Å². The van der Waals surface area contributed by atoms with Gasteiger partial charge in [-0.3, -0.25) is 0 Å². The molecular formula is C19H20N2O3. The molecule has 0 aromatic heterocycles. The number of benzene rings is 2. The number of nitrogens with zero attached hydrogens (tertiary/aromatic N) is 2. The maximum atomic E-state index is 12.4. The van der Waals surface area contributed by atoms with Crippen molar-refractivity contribution in [3.05, 3.63) is 54.6 Å². The van der Waals surface area contributed by atoms with E-state index in [0.717, 1.165) is 18.7 Å². The molecular weight excluding hydrogens is 304 g/mol. The molecule has 2 aliphatic rings. The minimum absolute atomic E-state index is 0.216. The Balaban J connectivity index is 1.41. The van der Waals surface area contributed by atoms with Crippen LogP contribution in [-0.4, -0.2) is 43.3 Å². The smallest absolute Gasteiger partial charge is 0.415 e. The topological polar surface area (TPSA) is 42.0 Å². The third-order valence-electron chi connectivity index (χ3n) is 4.83. The summed E-state index contributed by atoms with van der Waals surface area (Å²) >= 11 is 0. The largest absolute Gasteiger partial charge is 0.497 e. The lowest BCUT2D eigenvalue weighted by Gasteiger charge is -2.35. The number of para-hydroxylation sites is 1. The molecule has 4 rings (SSSR count). The summed E-state index contributed by atoms with van der Waals surface area (Å²) in [5, 5.41) is 0. The molecule has 0 unspecified atom stereocenters. The highest BCUT2D eigenvalue weighted by Crippen LogP contribution is 2.35. The van der Waals surface area contributed by atoms with Crippen LogP contribution >= 0.6 is 0 Å². The summed E-state index contributed by atoms with van der Waals surface area (Å²) in [7, 11) is 1.67. The number of likely N-dealkylation sites (tertiary alicyclic amines) is 1. The van der Waals surface area contributed by atoms with Gasteiger partial charge in [0.25, 0.3) is 0 Å². The molecule has 2 bridgehead atoms. The molecule has 24 heavy (non-hydrogen) atoms. The SMILES string of the molecule is COc1ccc(N2C[C@H]3C[C@@H]2CN3C(=O)Oc2ccccc2)cc1. The van der Waals surface area contributed by atoms with Gasteiger partial charge in [-0.1, -0.05) is 18.2 Å². The van der Waals surface area contributed by atoms with Crippen molar-refractivity contribution in [2.75, 3.05) is 25.1 Å².